The largest absolute Gasteiger partial charge is 0.320 e. The van der Waals surface area contributed by atoms with E-state index in [0.717, 1.165) is 15.4 Å². The Labute approximate surface area is 110 Å². The zero-order valence-electron chi connectivity index (χ0n) is 9.01. The molecule has 0 saturated carbocycles. The maximum absolute atomic E-state index is 13.6. The summed E-state index contributed by atoms with van der Waals surface area (Å²) >= 11 is 4.81. The van der Waals surface area contributed by atoms with Crippen LogP contribution >= 0.6 is 27.3 Å². The van der Waals surface area contributed by atoms with Crippen molar-refractivity contribution in [3.8, 4) is 0 Å². The van der Waals surface area contributed by atoms with Gasteiger partial charge in [-0.15, -0.1) is 11.3 Å². The van der Waals surface area contributed by atoms with Crippen LogP contribution < -0.4 is 5.73 Å². The predicted octanol–water partition coefficient (Wildman–Crippen LogP) is 4.15. The van der Waals surface area contributed by atoms with E-state index in [9.17, 15) is 8.78 Å². The van der Waals surface area contributed by atoms with E-state index in [1.807, 2.05) is 11.4 Å². The predicted molar refractivity (Wildman–Crippen MR) is 69.1 cm³/mol. The minimum Gasteiger partial charge on any atom is -0.320 e. The van der Waals surface area contributed by atoms with Crippen molar-refractivity contribution in [2.45, 2.75) is 13.0 Å². The van der Waals surface area contributed by atoms with Gasteiger partial charge in [0.05, 0.1) is 9.83 Å². The van der Waals surface area contributed by atoms with Crippen LogP contribution in [-0.4, -0.2) is 0 Å². The van der Waals surface area contributed by atoms with Gasteiger partial charge in [0.15, 0.2) is 0 Å². The standard InChI is InChI=1S/C12H10BrF2NS/c1-6-2-8(10(15)4-9(6)14)12(16)7-3-11(13)17-5-7/h2-5,12H,16H2,1H3. The summed E-state index contributed by atoms with van der Waals surface area (Å²) in [6.45, 7) is 1.59. The summed E-state index contributed by atoms with van der Waals surface area (Å²) in [6, 6.07) is 3.61. The van der Waals surface area contributed by atoms with Crippen LogP contribution in [0.15, 0.2) is 27.4 Å². The lowest BCUT2D eigenvalue weighted by Gasteiger charge is -2.12. The Morgan fingerprint density at radius 3 is 2.53 bits per heavy atom. The second-order valence-electron chi connectivity index (χ2n) is 3.78. The number of nitrogens with two attached hydrogens (primary N) is 1. The Hall–Kier alpha value is -0.780. The molecule has 17 heavy (non-hydrogen) atoms. The van der Waals surface area contributed by atoms with E-state index >= 15 is 0 Å². The molecule has 1 nitrogen and oxygen atoms in total. The number of benzene rings is 1. The molecule has 2 N–H and O–H groups in total. The van der Waals surface area contributed by atoms with E-state index in [0.29, 0.717) is 11.1 Å². The number of rotatable bonds is 2. The van der Waals surface area contributed by atoms with Gasteiger partial charge in [0.2, 0.25) is 0 Å². The van der Waals surface area contributed by atoms with Crippen molar-refractivity contribution in [1.82, 2.24) is 0 Å². The molecule has 0 aliphatic heterocycles. The first kappa shape index (κ1) is 12.7. The smallest absolute Gasteiger partial charge is 0.131 e. The van der Waals surface area contributed by atoms with Crippen molar-refractivity contribution in [3.05, 3.63) is 55.7 Å². The number of aryl methyl sites for hydroxylation is 1. The lowest BCUT2D eigenvalue weighted by molar-refractivity contribution is 0.561. The third-order valence-corrected chi connectivity index (χ3v) is 4.08. The Balaban J connectivity index is 2.43. The molecule has 1 unspecified atom stereocenters. The summed E-state index contributed by atoms with van der Waals surface area (Å²) in [6.07, 6.45) is 0. The molecule has 2 rings (SSSR count). The second-order valence-corrected chi connectivity index (χ2v) is 6.08. The molecule has 1 aromatic carbocycles. The zero-order chi connectivity index (χ0) is 12.6. The molecule has 0 aliphatic rings. The molecule has 0 spiro atoms. The van der Waals surface area contributed by atoms with Crippen LogP contribution in [0.1, 0.15) is 22.7 Å². The number of thiophene rings is 1. The van der Waals surface area contributed by atoms with Crippen LogP contribution in [0.5, 0.6) is 0 Å². The molecule has 0 bridgehead atoms. The fourth-order valence-electron chi connectivity index (χ4n) is 1.58. The van der Waals surface area contributed by atoms with Gasteiger partial charge in [0, 0.05) is 11.6 Å². The molecule has 1 aromatic heterocycles. The Morgan fingerprint density at radius 1 is 1.24 bits per heavy atom. The summed E-state index contributed by atoms with van der Waals surface area (Å²) in [7, 11) is 0. The van der Waals surface area contributed by atoms with E-state index in [1.165, 1.54) is 17.4 Å². The highest BCUT2D eigenvalue weighted by molar-refractivity contribution is 9.11. The monoisotopic (exact) mass is 317 g/mol. The molecular weight excluding hydrogens is 308 g/mol. The van der Waals surface area contributed by atoms with Crippen molar-refractivity contribution >= 4 is 27.3 Å². The van der Waals surface area contributed by atoms with Crippen molar-refractivity contribution in [2.24, 2.45) is 5.73 Å². The van der Waals surface area contributed by atoms with E-state index in [4.69, 9.17) is 5.73 Å². The zero-order valence-corrected chi connectivity index (χ0v) is 11.4. The van der Waals surface area contributed by atoms with Crippen LogP contribution in [-0.2, 0) is 0 Å². The van der Waals surface area contributed by atoms with Gasteiger partial charge in [-0.05, 0) is 51.5 Å². The molecule has 0 amide bonds. The first-order chi connectivity index (χ1) is 7.99. The highest BCUT2D eigenvalue weighted by Crippen LogP contribution is 2.29. The molecule has 0 saturated heterocycles. The van der Waals surface area contributed by atoms with Gasteiger partial charge in [-0.2, -0.15) is 0 Å². The van der Waals surface area contributed by atoms with E-state index in [-0.39, 0.29) is 0 Å². The molecule has 0 fully saturated rings. The maximum Gasteiger partial charge on any atom is 0.131 e. The molecule has 1 heterocycles. The molecule has 0 radical (unpaired) electrons. The number of halogens is 3. The molecule has 0 aliphatic carbocycles. The molecule has 1 atom stereocenters. The van der Waals surface area contributed by atoms with Gasteiger partial charge in [-0.3, -0.25) is 0 Å². The summed E-state index contributed by atoms with van der Waals surface area (Å²) in [5.41, 5.74) is 7.49. The van der Waals surface area contributed by atoms with Crippen molar-refractivity contribution < 1.29 is 8.78 Å². The van der Waals surface area contributed by atoms with Crippen LogP contribution in [0, 0.1) is 18.6 Å². The topological polar surface area (TPSA) is 26.0 Å². The second kappa shape index (κ2) is 4.84. The highest BCUT2D eigenvalue weighted by atomic mass is 79.9. The van der Waals surface area contributed by atoms with Crippen molar-refractivity contribution in [1.29, 1.82) is 0 Å². The van der Waals surface area contributed by atoms with E-state index < -0.39 is 17.7 Å². The third-order valence-electron chi connectivity index (χ3n) is 2.56. The van der Waals surface area contributed by atoms with Gasteiger partial charge >= 0.3 is 0 Å². The minimum absolute atomic E-state index is 0.314. The van der Waals surface area contributed by atoms with Crippen LogP contribution in [0.25, 0.3) is 0 Å². The van der Waals surface area contributed by atoms with Gasteiger partial charge in [0.1, 0.15) is 11.6 Å². The lowest BCUT2D eigenvalue weighted by atomic mass is 9.99. The first-order valence-electron chi connectivity index (χ1n) is 4.94. The normalized spacial score (nSPS) is 12.8. The number of hydrogen-bond donors (Lipinski definition) is 1. The Bertz CT molecular complexity index is 553. The maximum atomic E-state index is 13.6. The van der Waals surface area contributed by atoms with Crippen LogP contribution in [0.4, 0.5) is 8.78 Å². The third kappa shape index (κ3) is 2.56. The molecule has 5 heteroatoms. The van der Waals surface area contributed by atoms with Gasteiger partial charge < -0.3 is 5.73 Å². The fourth-order valence-corrected chi connectivity index (χ4v) is 2.80. The van der Waals surface area contributed by atoms with Crippen LogP contribution in [0.2, 0.25) is 0 Å². The summed E-state index contributed by atoms with van der Waals surface area (Å²) in [4.78, 5) is 0. The van der Waals surface area contributed by atoms with Gasteiger partial charge in [-0.25, -0.2) is 8.78 Å². The summed E-state index contributed by atoms with van der Waals surface area (Å²) in [5, 5.41) is 1.85. The van der Waals surface area contributed by atoms with Gasteiger partial charge in [0.25, 0.3) is 0 Å². The van der Waals surface area contributed by atoms with Gasteiger partial charge in [-0.1, -0.05) is 0 Å². The molecule has 90 valence electrons. The molecular formula is C12H10BrF2NS. The molecule has 2 aromatic rings. The number of hydrogen-bond acceptors (Lipinski definition) is 2. The van der Waals surface area contributed by atoms with Crippen LogP contribution in [0.3, 0.4) is 0 Å². The highest BCUT2D eigenvalue weighted by Gasteiger charge is 2.16. The summed E-state index contributed by atoms with van der Waals surface area (Å²) in [5.74, 6) is -1.16. The van der Waals surface area contributed by atoms with E-state index in [1.54, 1.807) is 6.92 Å². The quantitative estimate of drug-likeness (QED) is 0.884. The Morgan fingerprint density at radius 2 is 1.94 bits per heavy atom. The first-order valence-corrected chi connectivity index (χ1v) is 6.61. The average molecular weight is 318 g/mol. The van der Waals surface area contributed by atoms with Crippen molar-refractivity contribution in [3.63, 3.8) is 0 Å². The Kier molecular flexibility index (Phi) is 3.61. The lowest BCUT2D eigenvalue weighted by Crippen LogP contribution is -2.13. The van der Waals surface area contributed by atoms with Crippen molar-refractivity contribution in [2.75, 3.05) is 0 Å². The van der Waals surface area contributed by atoms with E-state index in [2.05, 4.69) is 15.9 Å². The summed E-state index contributed by atoms with van der Waals surface area (Å²) < 4.78 is 27.7. The minimum atomic E-state index is -0.608. The average Bonchev–Trinajstić information content (AvgIpc) is 2.69. The SMILES string of the molecule is Cc1cc(C(N)c2csc(Br)c2)c(F)cc1F. The fraction of sp³-hybridized carbons (Fsp3) is 0.167.